The minimum atomic E-state index is -0.0844. The second-order valence-corrected chi connectivity index (χ2v) is 36.3. The Hall–Kier alpha value is -15.9. The van der Waals surface area contributed by atoms with Crippen molar-refractivity contribution >= 4 is 130 Å². The van der Waals surface area contributed by atoms with Crippen molar-refractivity contribution in [2.24, 2.45) is 0 Å². The number of hydrogen-bond donors (Lipinski definition) is 0. The van der Waals surface area contributed by atoms with Crippen LogP contribution in [0, 0.1) is 0 Å². The van der Waals surface area contributed by atoms with Crippen molar-refractivity contribution in [3.05, 3.63) is 435 Å². The zero-order chi connectivity index (χ0) is 83.1. The molecule has 4 aromatic heterocycles. The minimum absolute atomic E-state index is 0.0844. The summed E-state index contributed by atoms with van der Waals surface area (Å²) in [6.07, 6.45) is 0. The van der Waals surface area contributed by atoms with Gasteiger partial charge in [-0.2, -0.15) is 0 Å². The lowest BCUT2D eigenvalue weighted by Crippen LogP contribution is -2.15. The predicted octanol–water partition coefficient (Wildman–Crippen LogP) is 32.7. The molecule has 2 aliphatic carbocycles. The molecule has 2 aliphatic rings. The number of rotatable bonds is 10. The maximum absolute atomic E-state index is 2.53. The van der Waals surface area contributed by atoms with E-state index in [2.05, 4.69) is 458 Å². The van der Waals surface area contributed by atoms with Gasteiger partial charge in [0.1, 0.15) is 0 Å². The zero-order valence-electron chi connectivity index (χ0n) is 70.0. The van der Waals surface area contributed by atoms with Crippen LogP contribution in [0.1, 0.15) is 49.9 Å². The molecule has 0 unspecified atom stereocenters. The first-order valence-electron chi connectivity index (χ1n) is 44.2. The summed E-state index contributed by atoms with van der Waals surface area (Å²) in [5.41, 5.74) is 39.7. The molecule has 26 aromatic rings. The van der Waals surface area contributed by atoms with Gasteiger partial charge < -0.3 is 18.3 Å². The highest BCUT2D eigenvalue weighted by Crippen LogP contribution is 2.55. The number of fused-ring (bicyclic) bond motifs is 6. The Bertz CT molecular complexity index is 8360. The van der Waals surface area contributed by atoms with Gasteiger partial charge in [0.15, 0.2) is 0 Å². The summed E-state index contributed by atoms with van der Waals surface area (Å²) in [6, 6.07) is 155. The van der Waals surface area contributed by atoms with Crippen molar-refractivity contribution in [2.75, 3.05) is 0 Å². The van der Waals surface area contributed by atoms with E-state index in [9.17, 15) is 0 Å². The quantitative estimate of drug-likeness (QED) is 0.122. The van der Waals surface area contributed by atoms with E-state index in [4.69, 9.17) is 0 Å². The molecule has 22 aromatic carbocycles. The molecule has 4 heteroatoms. The van der Waals surface area contributed by atoms with Crippen molar-refractivity contribution in [3.63, 3.8) is 0 Å². The van der Waals surface area contributed by atoms with E-state index in [1.165, 1.54) is 253 Å². The lowest BCUT2D eigenvalue weighted by atomic mass is 9.82. The molecule has 0 saturated heterocycles. The van der Waals surface area contributed by atoms with Crippen LogP contribution in [0.5, 0.6) is 0 Å². The average molecular weight is 1600 g/mol. The van der Waals surface area contributed by atoms with Crippen LogP contribution in [-0.4, -0.2) is 18.3 Å². The summed E-state index contributed by atoms with van der Waals surface area (Å²) in [7, 11) is 0. The first-order valence-corrected chi connectivity index (χ1v) is 44.2. The Balaban J connectivity index is 0.000000132. The van der Waals surface area contributed by atoms with Gasteiger partial charge in [-0.1, -0.05) is 307 Å². The Labute approximate surface area is 728 Å². The molecule has 0 atom stereocenters. The van der Waals surface area contributed by atoms with Crippen LogP contribution in [0.2, 0.25) is 0 Å². The van der Waals surface area contributed by atoms with Gasteiger partial charge in [0.2, 0.25) is 0 Å². The third kappa shape index (κ3) is 10.2. The molecule has 0 radical (unpaired) electrons. The number of nitrogens with zero attached hydrogens (tertiary/aromatic N) is 4. The molecule has 0 amide bonds. The molecular weight excluding hydrogens is 1520 g/mol. The van der Waals surface area contributed by atoms with Crippen molar-refractivity contribution in [3.8, 4) is 112 Å². The van der Waals surface area contributed by atoms with Gasteiger partial charge >= 0.3 is 0 Å². The molecule has 0 fully saturated rings. The first kappa shape index (κ1) is 70.8. The Morgan fingerprint density at radius 3 is 0.675 bits per heavy atom. The number of hydrogen-bond acceptors (Lipinski definition) is 0. The molecule has 0 spiro atoms. The molecule has 0 bridgehead atoms. The smallest absolute Gasteiger partial charge is 0.0553 e. The van der Waals surface area contributed by atoms with Crippen LogP contribution < -0.4 is 0 Å². The summed E-state index contributed by atoms with van der Waals surface area (Å²) >= 11 is 0. The summed E-state index contributed by atoms with van der Waals surface area (Å²) in [6.45, 7) is 9.51. The fraction of sp³-hybridized carbons (Fsp3) is 0.0492. The van der Waals surface area contributed by atoms with E-state index in [-0.39, 0.29) is 10.8 Å². The fourth-order valence-corrected chi connectivity index (χ4v) is 22.9. The van der Waals surface area contributed by atoms with Gasteiger partial charge in [-0.05, 0) is 288 Å². The topological polar surface area (TPSA) is 19.7 Å². The predicted molar refractivity (Wildman–Crippen MR) is 533 cm³/mol. The standard InChI is InChI=1S/C64H40N2.C58H40N2/c1-5-15-41(16-6-1)49-33-50(42-17-7-2-8-18-42)36-55(35-49)65-57-25-13-23-45-27-29-47-31-53(39-59(65)63(47)61(45)57)54-32-48-30-28-46-24-14-26-58-62(46)64(48)60(40-54)66(58)56-37-51(43-19-9-3-10-20-43)34-52(38-56)44-21-11-4-12-22-44;1-57(2)45-15-7-5-13-41(45)43-25-23-39(31-47(43)57)59-49-17-9-11-33-19-21-35-27-37(29-51(59)55(35)53(33)49)38-28-36-22-20-34-12-10-18-50-54(34)56(36)52(30-38)60(50)40-24-26-44-42-14-6-8-16-46(42)58(3,4)48(44)32-40/h1-40H;5-32H,1-4H3. The van der Waals surface area contributed by atoms with Gasteiger partial charge in [-0.25, -0.2) is 0 Å². The SMILES string of the molecule is CC1(C)c2ccccc2-c2ccc(-n3c4cccc5ccc6cc(-c7cc8ccc9cccc%10c9c8c(c7)n%10-c7ccc8c(c7)C(C)(C)c7ccccc7-8)cc3c6c54)cc21.c1ccc(-c2cc(-c3ccccc3)cc(-n3c4cccc5ccc6cc(-c7cc8ccc9cccc%10c9c8c(c7)n%10-c7cc(-c8ccccc8)cc(-c8ccccc8)c7)cc3c6c54)c2)cc1. The highest BCUT2D eigenvalue weighted by Gasteiger charge is 2.38. The molecule has 0 saturated carbocycles. The summed E-state index contributed by atoms with van der Waals surface area (Å²) < 4.78 is 10.1. The number of benzene rings is 22. The van der Waals surface area contributed by atoms with Crippen LogP contribution in [0.3, 0.4) is 0 Å². The third-order valence-corrected chi connectivity index (χ3v) is 28.7. The highest BCUT2D eigenvalue weighted by atomic mass is 15.0. The van der Waals surface area contributed by atoms with Crippen LogP contribution in [0.25, 0.3) is 242 Å². The molecule has 28 rings (SSSR count). The largest absolute Gasteiger partial charge is 0.309 e. The molecule has 4 nitrogen and oxygen atoms in total. The molecule has 588 valence electrons. The molecule has 0 N–H and O–H groups in total. The normalized spacial score (nSPS) is 13.4. The Kier molecular flexibility index (Phi) is 14.8. The molecular formula is C122H80N4. The first-order chi connectivity index (χ1) is 61.9. The maximum Gasteiger partial charge on any atom is 0.0553 e. The van der Waals surface area contributed by atoms with E-state index < -0.39 is 0 Å². The average Bonchev–Trinajstić information content (AvgIpc) is 1.56. The van der Waals surface area contributed by atoms with Crippen molar-refractivity contribution < 1.29 is 0 Å². The van der Waals surface area contributed by atoms with Crippen LogP contribution in [0.4, 0.5) is 0 Å². The second kappa shape index (κ2) is 26.3. The van der Waals surface area contributed by atoms with E-state index in [1.807, 2.05) is 0 Å². The highest BCUT2D eigenvalue weighted by molar-refractivity contribution is 6.30. The lowest BCUT2D eigenvalue weighted by molar-refractivity contribution is 0.660. The molecule has 126 heavy (non-hydrogen) atoms. The molecule has 4 heterocycles. The number of aromatic nitrogens is 4. The lowest BCUT2D eigenvalue weighted by Gasteiger charge is -2.22. The van der Waals surface area contributed by atoms with Gasteiger partial charge in [0.05, 0.1) is 44.1 Å². The van der Waals surface area contributed by atoms with Crippen molar-refractivity contribution in [2.45, 2.75) is 38.5 Å². The van der Waals surface area contributed by atoms with E-state index in [0.717, 1.165) is 11.4 Å². The van der Waals surface area contributed by atoms with Crippen LogP contribution in [0.15, 0.2) is 413 Å². The van der Waals surface area contributed by atoms with E-state index in [1.54, 1.807) is 0 Å². The van der Waals surface area contributed by atoms with Crippen LogP contribution in [-0.2, 0) is 10.8 Å². The van der Waals surface area contributed by atoms with Crippen molar-refractivity contribution in [1.29, 1.82) is 0 Å². The van der Waals surface area contributed by atoms with E-state index >= 15 is 0 Å². The van der Waals surface area contributed by atoms with Gasteiger partial charge in [-0.15, -0.1) is 0 Å². The van der Waals surface area contributed by atoms with E-state index in [0.29, 0.717) is 0 Å². The summed E-state index contributed by atoms with van der Waals surface area (Å²) in [4.78, 5) is 0. The summed E-state index contributed by atoms with van der Waals surface area (Å²) in [5.74, 6) is 0. The second-order valence-electron chi connectivity index (χ2n) is 36.3. The maximum atomic E-state index is 2.53. The van der Waals surface area contributed by atoms with Gasteiger partial charge in [0, 0.05) is 76.7 Å². The monoisotopic (exact) mass is 1600 g/mol. The van der Waals surface area contributed by atoms with Gasteiger partial charge in [0.25, 0.3) is 0 Å². The third-order valence-electron chi connectivity index (χ3n) is 28.7. The summed E-state index contributed by atoms with van der Waals surface area (Å²) in [5, 5.41) is 20.6. The van der Waals surface area contributed by atoms with Gasteiger partial charge in [-0.3, -0.25) is 0 Å². The Morgan fingerprint density at radius 1 is 0.143 bits per heavy atom. The Morgan fingerprint density at radius 2 is 0.381 bits per heavy atom. The zero-order valence-corrected chi connectivity index (χ0v) is 70.0. The minimum Gasteiger partial charge on any atom is -0.309 e. The molecule has 0 aliphatic heterocycles. The fourth-order valence-electron chi connectivity index (χ4n) is 22.9. The van der Waals surface area contributed by atoms with Crippen LogP contribution >= 0.6 is 0 Å². The van der Waals surface area contributed by atoms with Crippen molar-refractivity contribution in [1.82, 2.24) is 18.3 Å².